The first kappa shape index (κ1) is 23.7. The highest BCUT2D eigenvalue weighted by Crippen LogP contribution is 2.45. The quantitative estimate of drug-likeness (QED) is 0.280. The maximum absolute atomic E-state index is 12.0. The van der Waals surface area contributed by atoms with Gasteiger partial charge in [0.05, 0.1) is 13.2 Å². The van der Waals surface area contributed by atoms with Crippen molar-refractivity contribution in [2.75, 3.05) is 13.2 Å². The Hall–Kier alpha value is -3.54. The maximum Gasteiger partial charge on any atom is 0.335 e. The normalized spacial score (nSPS) is 10.3. The summed E-state index contributed by atoms with van der Waals surface area (Å²) in [6.07, 6.45) is 2.82. The number of esters is 2. The first-order valence-corrected chi connectivity index (χ1v) is 10.2. The predicted octanol–water partition coefficient (Wildman–Crippen LogP) is 5.21. The highest BCUT2D eigenvalue weighted by atomic mass is 16.6. The van der Waals surface area contributed by atoms with Crippen molar-refractivity contribution in [3.63, 3.8) is 0 Å². The number of rotatable bonds is 11. The van der Waals surface area contributed by atoms with Crippen molar-refractivity contribution >= 4 is 11.9 Å². The Morgan fingerprint density at radius 1 is 0.806 bits per heavy atom. The summed E-state index contributed by atoms with van der Waals surface area (Å²) in [7, 11) is 0. The molecule has 0 saturated heterocycles. The molecule has 0 fully saturated rings. The number of ether oxygens (including phenoxy) is 4. The molecule has 0 radical (unpaired) electrons. The fourth-order valence-electron chi connectivity index (χ4n) is 3.26. The van der Waals surface area contributed by atoms with E-state index in [4.69, 9.17) is 18.9 Å². The molecule has 31 heavy (non-hydrogen) atoms. The average molecular weight is 424 g/mol. The van der Waals surface area contributed by atoms with Gasteiger partial charge in [0, 0.05) is 29.2 Å². The second-order valence-electron chi connectivity index (χ2n) is 6.43. The van der Waals surface area contributed by atoms with Crippen molar-refractivity contribution in [2.45, 2.75) is 33.1 Å². The van der Waals surface area contributed by atoms with Crippen LogP contribution in [0.15, 0.2) is 61.7 Å². The second kappa shape index (κ2) is 11.6. The summed E-state index contributed by atoms with van der Waals surface area (Å²) in [6.45, 7) is 13.4. The van der Waals surface area contributed by atoms with Crippen LogP contribution in [-0.2, 0) is 9.59 Å². The molecule has 2 aromatic rings. The lowest BCUT2D eigenvalue weighted by Crippen LogP contribution is -2.13. The van der Waals surface area contributed by atoms with Crippen LogP contribution in [-0.4, -0.2) is 25.2 Å². The minimum absolute atomic E-state index is 0.277. The third kappa shape index (κ3) is 5.75. The van der Waals surface area contributed by atoms with Gasteiger partial charge in [-0.2, -0.15) is 0 Å². The molecule has 0 unspecified atom stereocenters. The van der Waals surface area contributed by atoms with E-state index in [0.29, 0.717) is 53.8 Å². The van der Waals surface area contributed by atoms with Crippen molar-refractivity contribution < 1.29 is 28.5 Å². The molecule has 6 nitrogen and oxygen atoms in total. The summed E-state index contributed by atoms with van der Waals surface area (Å²) in [6, 6.07) is 10.8. The van der Waals surface area contributed by atoms with Crippen LogP contribution in [0.2, 0.25) is 0 Å². The zero-order chi connectivity index (χ0) is 22.8. The summed E-state index contributed by atoms with van der Waals surface area (Å²) >= 11 is 0. The first-order valence-electron chi connectivity index (χ1n) is 10.2. The van der Waals surface area contributed by atoms with Crippen LogP contribution in [0.4, 0.5) is 0 Å². The Morgan fingerprint density at radius 2 is 1.23 bits per heavy atom. The molecular weight excluding hydrogens is 396 g/mol. The topological polar surface area (TPSA) is 71.1 Å². The third-order valence-corrected chi connectivity index (χ3v) is 4.52. The van der Waals surface area contributed by atoms with Gasteiger partial charge in [0.1, 0.15) is 0 Å². The number of hydrogen-bond donors (Lipinski definition) is 0. The molecule has 2 aromatic carbocycles. The summed E-state index contributed by atoms with van der Waals surface area (Å²) in [4.78, 5) is 24.1. The molecule has 0 aliphatic rings. The maximum atomic E-state index is 12.0. The Bertz CT molecular complexity index is 872. The van der Waals surface area contributed by atoms with E-state index in [-0.39, 0.29) is 5.92 Å². The predicted molar refractivity (Wildman–Crippen MR) is 119 cm³/mol. The van der Waals surface area contributed by atoms with Crippen LogP contribution in [0.5, 0.6) is 23.0 Å². The van der Waals surface area contributed by atoms with Crippen molar-refractivity contribution in [1.29, 1.82) is 0 Å². The van der Waals surface area contributed by atoms with Crippen LogP contribution in [0.3, 0.4) is 0 Å². The van der Waals surface area contributed by atoms with E-state index in [0.717, 1.165) is 12.2 Å². The summed E-state index contributed by atoms with van der Waals surface area (Å²) in [5, 5.41) is 0. The van der Waals surface area contributed by atoms with Crippen LogP contribution in [0.25, 0.3) is 0 Å². The van der Waals surface area contributed by atoms with Gasteiger partial charge in [0.25, 0.3) is 0 Å². The largest absolute Gasteiger partial charge is 0.490 e. The third-order valence-electron chi connectivity index (χ3n) is 4.52. The van der Waals surface area contributed by atoms with E-state index in [1.807, 2.05) is 45.0 Å². The number of benzene rings is 2. The molecule has 0 spiro atoms. The lowest BCUT2D eigenvalue weighted by atomic mass is 9.87. The van der Waals surface area contributed by atoms with E-state index in [1.54, 1.807) is 12.1 Å². The average Bonchev–Trinajstić information content (AvgIpc) is 2.78. The van der Waals surface area contributed by atoms with Crippen molar-refractivity contribution in [3.8, 4) is 23.0 Å². The van der Waals surface area contributed by atoms with Gasteiger partial charge in [-0.15, -0.1) is 0 Å². The Kier molecular flexibility index (Phi) is 8.88. The van der Waals surface area contributed by atoms with Gasteiger partial charge in [-0.25, -0.2) is 9.59 Å². The van der Waals surface area contributed by atoms with E-state index in [1.165, 1.54) is 0 Å². The summed E-state index contributed by atoms with van der Waals surface area (Å²) in [5.41, 5.74) is 1.43. The summed E-state index contributed by atoms with van der Waals surface area (Å²) < 4.78 is 22.5. The number of para-hydroxylation sites is 2. The van der Waals surface area contributed by atoms with Gasteiger partial charge < -0.3 is 18.9 Å². The standard InChI is InChI=1S/C25H28O6/c1-6-17(18-13-11-15-20(28-9-4)24(18)30-22(26)7-2)19-14-12-16-21(29-10-5)25(19)31-23(27)8-3/h7-8,11-17H,2-3,6,9-10H2,1,4-5H3. The summed E-state index contributed by atoms with van der Waals surface area (Å²) in [5.74, 6) is 0.0432. The lowest BCUT2D eigenvalue weighted by Gasteiger charge is -2.23. The van der Waals surface area contributed by atoms with Crippen LogP contribution >= 0.6 is 0 Å². The van der Waals surface area contributed by atoms with Gasteiger partial charge in [0.15, 0.2) is 23.0 Å². The zero-order valence-electron chi connectivity index (χ0n) is 18.2. The number of carbonyl (C=O) groups excluding carboxylic acids is 2. The zero-order valence-corrected chi connectivity index (χ0v) is 18.2. The Labute approximate surface area is 183 Å². The molecule has 0 aliphatic carbocycles. The highest BCUT2D eigenvalue weighted by molar-refractivity contribution is 5.85. The van der Waals surface area contributed by atoms with Crippen LogP contribution < -0.4 is 18.9 Å². The van der Waals surface area contributed by atoms with E-state index in [9.17, 15) is 9.59 Å². The Morgan fingerprint density at radius 3 is 1.55 bits per heavy atom. The molecule has 0 heterocycles. The van der Waals surface area contributed by atoms with E-state index in [2.05, 4.69) is 13.2 Å². The van der Waals surface area contributed by atoms with Crippen LogP contribution in [0, 0.1) is 0 Å². The van der Waals surface area contributed by atoms with Gasteiger partial charge >= 0.3 is 11.9 Å². The van der Waals surface area contributed by atoms with Gasteiger partial charge in [-0.05, 0) is 32.4 Å². The van der Waals surface area contributed by atoms with Gasteiger partial charge in [0.2, 0.25) is 0 Å². The SMILES string of the molecule is C=CC(=O)Oc1c(OCC)cccc1C(CC)c1cccc(OCC)c1OC(=O)C=C. The molecule has 164 valence electrons. The molecule has 0 aromatic heterocycles. The molecule has 0 N–H and O–H groups in total. The number of carbonyl (C=O) groups is 2. The molecule has 6 heteroatoms. The molecule has 0 aliphatic heterocycles. The molecule has 0 atom stereocenters. The van der Waals surface area contributed by atoms with Crippen molar-refractivity contribution in [1.82, 2.24) is 0 Å². The van der Waals surface area contributed by atoms with Gasteiger partial charge in [-0.1, -0.05) is 44.3 Å². The fraction of sp³-hybridized carbons (Fsp3) is 0.280. The minimum atomic E-state index is -0.593. The molecular formula is C25H28O6. The smallest absolute Gasteiger partial charge is 0.335 e. The molecule has 2 rings (SSSR count). The fourth-order valence-corrected chi connectivity index (χ4v) is 3.26. The molecule has 0 amide bonds. The number of hydrogen-bond acceptors (Lipinski definition) is 6. The monoisotopic (exact) mass is 424 g/mol. The van der Waals surface area contributed by atoms with Crippen molar-refractivity contribution in [3.05, 3.63) is 72.8 Å². The Balaban J connectivity index is 2.70. The molecule has 0 saturated carbocycles. The lowest BCUT2D eigenvalue weighted by molar-refractivity contribution is -0.129. The van der Waals surface area contributed by atoms with Gasteiger partial charge in [-0.3, -0.25) is 0 Å². The van der Waals surface area contributed by atoms with E-state index < -0.39 is 11.9 Å². The van der Waals surface area contributed by atoms with E-state index >= 15 is 0 Å². The first-order chi connectivity index (χ1) is 15.0. The molecule has 0 bridgehead atoms. The minimum Gasteiger partial charge on any atom is -0.490 e. The van der Waals surface area contributed by atoms with Crippen LogP contribution in [0.1, 0.15) is 44.2 Å². The highest BCUT2D eigenvalue weighted by Gasteiger charge is 2.26. The van der Waals surface area contributed by atoms with Crippen molar-refractivity contribution in [2.24, 2.45) is 0 Å². The second-order valence-corrected chi connectivity index (χ2v) is 6.43.